The summed E-state index contributed by atoms with van der Waals surface area (Å²) in [7, 11) is 1.66. The van der Waals surface area contributed by atoms with Crippen molar-refractivity contribution >= 4 is 10.9 Å². The average Bonchev–Trinajstić information content (AvgIpc) is 2.36. The van der Waals surface area contributed by atoms with Gasteiger partial charge < -0.3 is 15.2 Å². The molecule has 2 aromatic rings. The lowest BCUT2D eigenvalue weighted by Gasteiger charge is -2.20. The van der Waals surface area contributed by atoms with Gasteiger partial charge in [0.05, 0.1) is 18.3 Å². The molecular formula is C13H14N2O2. The first-order valence-corrected chi connectivity index (χ1v) is 5.69. The van der Waals surface area contributed by atoms with Crippen molar-refractivity contribution in [1.82, 2.24) is 10.3 Å². The lowest BCUT2D eigenvalue weighted by atomic mass is 10.0. The van der Waals surface area contributed by atoms with Gasteiger partial charge >= 0.3 is 0 Å². The molecule has 2 heterocycles. The molecule has 4 nitrogen and oxygen atoms in total. The number of rotatable bonds is 1. The molecule has 0 fully saturated rings. The molecule has 0 amide bonds. The van der Waals surface area contributed by atoms with Gasteiger partial charge in [-0.25, -0.2) is 0 Å². The zero-order valence-corrected chi connectivity index (χ0v) is 9.66. The summed E-state index contributed by atoms with van der Waals surface area (Å²) in [5, 5.41) is 13.7. The quantitative estimate of drug-likeness (QED) is 0.781. The molecule has 1 aromatic heterocycles. The van der Waals surface area contributed by atoms with Gasteiger partial charge in [0.25, 0.3) is 0 Å². The third-order valence-electron chi connectivity index (χ3n) is 3.15. The van der Waals surface area contributed by atoms with Gasteiger partial charge in [0, 0.05) is 30.5 Å². The molecule has 0 saturated carbocycles. The van der Waals surface area contributed by atoms with E-state index in [0.717, 1.165) is 47.4 Å². The van der Waals surface area contributed by atoms with E-state index in [9.17, 15) is 5.11 Å². The molecule has 4 heteroatoms. The van der Waals surface area contributed by atoms with E-state index in [0.29, 0.717) is 0 Å². The largest absolute Gasteiger partial charge is 0.508 e. The Labute approximate surface area is 99.2 Å². The topological polar surface area (TPSA) is 54.4 Å². The van der Waals surface area contributed by atoms with E-state index in [-0.39, 0.29) is 5.75 Å². The summed E-state index contributed by atoms with van der Waals surface area (Å²) in [5.74, 6) is 1.06. The van der Waals surface area contributed by atoms with E-state index < -0.39 is 0 Å². The number of fused-ring (bicyclic) bond motifs is 2. The first-order chi connectivity index (χ1) is 8.29. The highest BCUT2D eigenvalue weighted by Gasteiger charge is 2.18. The summed E-state index contributed by atoms with van der Waals surface area (Å²) >= 11 is 0. The number of phenols is 1. The van der Waals surface area contributed by atoms with Gasteiger partial charge in [-0.2, -0.15) is 0 Å². The van der Waals surface area contributed by atoms with Crippen LogP contribution in [-0.4, -0.2) is 23.7 Å². The maximum absolute atomic E-state index is 9.56. The van der Waals surface area contributed by atoms with Crippen LogP contribution in [0, 0.1) is 0 Å². The monoisotopic (exact) mass is 230 g/mol. The Bertz CT molecular complexity index is 581. The van der Waals surface area contributed by atoms with Gasteiger partial charge in [0.2, 0.25) is 0 Å². The molecule has 0 spiro atoms. The molecular weight excluding hydrogens is 216 g/mol. The molecule has 0 bridgehead atoms. The molecule has 0 radical (unpaired) electrons. The van der Waals surface area contributed by atoms with Crippen LogP contribution in [-0.2, 0) is 13.0 Å². The fourth-order valence-electron chi connectivity index (χ4n) is 2.35. The van der Waals surface area contributed by atoms with E-state index in [1.165, 1.54) is 0 Å². The Kier molecular flexibility index (Phi) is 2.37. The Balaban J connectivity index is 2.35. The van der Waals surface area contributed by atoms with Gasteiger partial charge in [0.1, 0.15) is 11.5 Å². The highest BCUT2D eigenvalue weighted by molar-refractivity contribution is 5.88. The second-order valence-corrected chi connectivity index (χ2v) is 4.20. The summed E-state index contributed by atoms with van der Waals surface area (Å²) in [6.45, 7) is 1.73. The summed E-state index contributed by atoms with van der Waals surface area (Å²) in [6, 6.07) is 5.19. The van der Waals surface area contributed by atoms with Crippen molar-refractivity contribution in [2.45, 2.75) is 13.0 Å². The Hall–Kier alpha value is -1.81. The number of methoxy groups -OCH3 is 1. The fraction of sp³-hybridized carbons (Fsp3) is 0.308. The molecule has 0 unspecified atom stereocenters. The van der Waals surface area contributed by atoms with Crippen LogP contribution >= 0.6 is 0 Å². The smallest absolute Gasteiger partial charge is 0.134 e. The van der Waals surface area contributed by atoms with E-state index in [1.54, 1.807) is 19.2 Å². The second kappa shape index (κ2) is 3.89. The summed E-state index contributed by atoms with van der Waals surface area (Å²) in [4.78, 5) is 4.63. The summed E-state index contributed by atoms with van der Waals surface area (Å²) in [6.07, 6.45) is 0.919. The minimum Gasteiger partial charge on any atom is -0.508 e. The van der Waals surface area contributed by atoms with Crippen molar-refractivity contribution in [2.24, 2.45) is 0 Å². The summed E-state index contributed by atoms with van der Waals surface area (Å²) in [5.41, 5.74) is 3.08. The van der Waals surface area contributed by atoms with Crippen LogP contribution in [0.4, 0.5) is 0 Å². The molecule has 3 rings (SSSR count). The number of nitrogens with one attached hydrogen (secondary N) is 1. The lowest BCUT2D eigenvalue weighted by molar-refractivity contribution is 0.408. The van der Waals surface area contributed by atoms with Crippen molar-refractivity contribution < 1.29 is 9.84 Å². The molecule has 2 N–H and O–H groups in total. The normalized spacial score (nSPS) is 14.6. The third-order valence-corrected chi connectivity index (χ3v) is 3.15. The molecule has 1 aliphatic rings. The maximum Gasteiger partial charge on any atom is 0.134 e. The van der Waals surface area contributed by atoms with Crippen LogP contribution in [0.1, 0.15) is 11.3 Å². The minimum atomic E-state index is 0.237. The number of pyridine rings is 1. The Morgan fingerprint density at radius 3 is 3.12 bits per heavy atom. The number of nitrogens with zero attached hydrogens (tertiary/aromatic N) is 1. The van der Waals surface area contributed by atoms with Crippen LogP contribution < -0.4 is 10.1 Å². The van der Waals surface area contributed by atoms with E-state index in [1.807, 2.05) is 6.07 Å². The lowest BCUT2D eigenvalue weighted by Crippen LogP contribution is -2.25. The van der Waals surface area contributed by atoms with Gasteiger partial charge in [-0.05, 0) is 18.2 Å². The van der Waals surface area contributed by atoms with Crippen molar-refractivity contribution in [2.75, 3.05) is 13.7 Å². The second-order valence-electron chi connectivity index (χ2n) is 4.20. The minimum absolute atomic E-state index is 0.237. The van der Waals surface area contributed by atoms with Crippen molar-refractivity contribution in [3.8, 4) is 11.5 Å². The third kappa shape index (κ3) is 1.61. The van der Waals surface area contributed by atoms with Crippen molar-refractivity contribution in [3.05, 3.63) is 29.5 Å². The molecule has 88 valence electrons. The first kappa shape index (κ1) is 10.4. The van der Waals surface area contributed by atoms with Crippen molar-refractivity contribution in [1.29, 1.82) is 0 Å². The van der Waals surface area contributed by atoms with E-state index >= 15 is 0 Å². The van der Waals surface area contributed by atoms with Gasteiger partial charge in [-0.15, -0.1) is 0 Å². The number of hydrogen-bond acceptors (Lipinski definition) is 4. The van der Waals surface area contributed by atoms with E-state index in [2.05, 4.69) is 10.3 Å². The molecule has 0 atom stereocenters. The van der Waals surface area contributed by atoms with Crippen LogP contribution in [0.5, 0.6) is 11.5 Å². The highest BCUT2D eigenvalue weighted by Crippen LogP contribution is 2.33. The standard InChI is InChI=1S/C13H14N2O2/c1-17-13-9-6-8(16)2-3-11(9)15-12-4-5-14-7-10(12)13/h2-3,6,14,16H,4-5,7H2,1H3. The van der Waals surface area contributed by atoms with Crippen molar-refractivity contribution in [3.63, 3.8) is 0 Å². The van der Waals surface area contributed by atoms with Crippen LogP contribution in [0.3, 0.4) is 0 Å². The molecule has 1 aliphatic heterocycles. The predicted molar refractivity (Wildman–Crippen MR) is 65.4 cm³/mol. The Morgan fingerprint density at radius 2 is 2.29 bits per heavy atom. The maximum atomic E-state index is 9.56. The highest BCUT2D eigenvalue weighted by atomic mass is 16.5. The van der Waals surface area contributed by atoms with Crippen LogP contribution in [0.25, 0.3) is 10.9 Å². The fourth-order valence-corrected chi connectivity index (χ4v) is 2.35. The summed E-state index contributed by atoms with van der Waals surface area (Å²) < 4.78 is 5.49. The number of aromatic hydroxyl groups is 1. The van der Waals surface area contributed by atoms with Gasteiger partial charge in [-0.3, -0.25) is 4.98 Å². The van der Waals surface area contributed by atoms with Crippen LogP contribution in [0.15, 0.2) is 18.2 Å². The number of phenolic OH excluding ortho intramolecular Hbond substituents is 1. The molecule has 0 saturated heterocycles. The zero-order chi connectivity index (χ0) is 11.8. The number of ether oxygens (including phenoxy) is 1. The van der Waals surface area contributed by atoms with E-state index in [4.69, 9.17) is 4.74 Å². The van der Waals surface area contributed by atoms with Gasteiger partial charge in [-0.1, -0.05) is 0 Å². The molecule has 17 heavy (non-hydrogen) atoms. The number of aromatic nitrogens is 1. The first-order valence-electron chi connectivity index (χ1n) is 5.69. The number of benzene rings is 1. The number of hydrogen-bond donors (Lipinski definition) is 2. The Morgan fingerprint density at radius 1 is 1.41 bits per heavy atom. The zero-order valence-electron chi connectivity index (χ0n) is 9.66. The molecule has 1 aromatic carbocycles. The average molecular weight is 230 g/mol. The SMILES string of the molecule is COc1c2c(nc3ccc(O)cc13)CCNC2. The van der Waals surface area contributed by atoms with Crippen LogP contribution in [0.2, 0.25) is 0 Å². The van der Waals surface area contributed by atoms with Gasteiger partial charge in [0.15, 0.2) is 0 Å². The predicted octanol–water partition coefficient (Wildman–Crippen LogP) is 1.59. The molecule has 0 aliphatic carbocycles.